The van der Waals surface area contributed by atoms with E-state index < -0.39 is 0 Å². The molecular formula is C12H23BO3. The summed E-state index contributed by atoms with van der Waals surface area (Å²) in [4.78, 5) is 0. The summed E-state index contributed by atoms with van der Waals surface area (Å²) < 4.78 is 11.9. The third-order valence-corrected chi connectivity index (χ3v) is 4.42. The van der Waals surface area contributed by atoms with Gasteiger partial charge in [0.2, 0.25) is 0 Å². The highest BCUT2D eigenvalue weighted by Gasteiger charge is 2.51. The van der Waals surface area contributed by atoms with Gasteiger partial charge in [0.1, 0.15) is 0 Å². The molecule has 1 heterocycles. The van der Waals surface area contributed by atoms with E-state index in [0.29, 0.717) is 5.92 Å². The standard InChI is InChI=1S/C12H23BO3/c1-11(2)12(3,4)16-13(15-11)8-9-6-5-7-10(9)14/h9-10,14H,5-8H2,1-4H3. The van der Waals surface area contributed by atoms with E-state index in [2.05, 4.69) is 27.7 Å². The molecule has 92 valence electrons. The minimum absolute atomic E-state index is 0.150. The fourth-order valence-electron chi connectivity index (χ4n) is 2.60. The van der Waals surface area contributed by atoms with E-state index in [-0.39, 0.29) is 24.4 Å². The van der Waals surface area contributed by atoms with Crippen molar-refractivity contribution >= 4 is 7.12 Å². The Labute approximate surface area is 98.7 Å². The lowest BCUT2D eigenvalue weighted by Gasteiger charge is -2.32. The largest absolute Gasteiger partial charge is 0.458 e. The van der Waals surface area contributed by atoms with E-state index in [9.17, 15) is 5.11 Å². The van der Waals surface area contributed by atoms with Crippen LogP contribution in [-0.4, -0.2) is 29.5 Å². The first-order chi connectivity index (χ1) is 7.32. The highest BCUT2D eigenvalue weighted by atomic mass is 16.7. The van der Waals surface area contributed by atoms with Gasteiger partial charge in [-0.25, -0.2) is 0 Å². The summed E-state index contributed by atoms with van der Waals surface area (Å²) in [6.45, 7) is 8.27. The Morgan fingerprint density at radius 3 is 2.12 bits per heavy atom. The van der Waals surface area contributed by atoms with Crippen LogP contribution in [0.3, 0.4) is 0 Å². The lowest BCUT2D eigenvalue weighted by atomic mass is 9.76. The summed E-state index contributed by atoms with van der Waals surface area (Å²) in [5.74, 6) is 0.356. The first-order valence-corrected chi connectivity index (χ1v) is 6.35. The minimum Gasteiger partial charge on any atom is -0.403 e. The van der Waals surface area contributed by atoms with Crippen LogP contribution < -0.4 is 0 Å². The molecule has 2 atom stereocenters. The molecule has 0 bridgehead atoms. The molecule has 3 nitrogen and oxygen atoms in total. The molecule has 1 aliphatic carbocycles. The van der Waals surface area contributed by atoms with Crippen molar-refractivity contribution in [2.24, 2.45) is 5.92 Å². The topological polar surface area (TPSA) is 38.7 Å². The van der Waals surface area contributed by atoms with Crippen molar-refractivity contribution in [1.82, 2.24) is 0 Å². The van der Waals surface area contributed by atoms with Crippen molar-refractivity contribution in [3.05, 3.63) is 0 Å². The Balaban J connectivity index is 1.94. The quantitative estimate of drug-likeness (QED) is 0.734. The average molecular weight is 226 g/mol. The second kappa shape index (κ2) is 4.00. The average Bonchev–Trinajstić information content (AvgIpc) is 2.57. The van der Waals surface area contributed by atoms with Gasteiger partial charge >= 0.3 is 7.12 Å². The van der Waals surface area contributed by atoms with Crippen molar-refractivity contribution in [2.45, 2.75) is 70.6 Å². The van der Waals surface area contributed by atoms with Gasteiger partial charge in [-0.3, -0.25) is 0 Å². The third-order valence-electron chi connectivity index (χ3n) is 4.42. The molecule has 0 aromatic rings. The van der Waals surface area contributed by atoms with Gasteiger partial charge in [-0.15, -0.1) is 0 Å². The van der Waals surface area contributed by atoms with Gasteiger partial charge in [-0.05, 0) is 52.8 Å². The molecule has 0 amide bonds. The molecule has 0 radical (unpaired) electrons. The summed E-state index contributed by atoms with van der Waals surface area (Å²) in [5, 5.41) is 9.80. The predicted molar refractivity (Wildman–Crippen MR) is 64.2 cm³/mol. The Kier molecular flexibility index (Phi) is 3.10. The Hall–Kier alpha value is -0.0551. The summed E-state index contributed by atoms with van der Waals surface area (Å²) in [6.07, 6.45) is 3.84. The van der Waals surface area contributed by atoms with Gasteiger partial charge in [-0.1, -0.05) is 6.42 Å². The molecule has 4 heteroatoms. The minimum atomic E-state index is -0.249. The molecule has 1 saturated carbocycles. The van der Waals surface area contributed by atoms with E-state index >= 15 is 0 Å². The second-order valence-electron chi connectivity index (χ2n) is 6.18. The van der Waals surface area contributed by atoms with Crippen LogP contribution >= 0.6 is 0 Å². The Morgan fingerprint density at radius 2 is 1.69 bits per heavy atom. The molecule has 2 aliphatic rings. The smallest absolute Gasteiger partial charge is 0.403 e. The van der Waals surface area contributed by atoms with Crippen LogP contribution in [0.2, 0.25) is 6.32 Å². The fourth-order valence-corrected chi connectivity index (χ4v) is 2.60. The molecule has 0 aromatic heterocycles. The molecule has 0 spiro atoms. The summed E-state index contributed by atoms with van der Waals surface area (Å²) in [5.41, 5.74) is -0.498. The highest BCUT2D eigenvalue weighted by Crippen LogP contribution is 2.40. The van der Waals surface area contributed by atoms with Crippen LogP contribution in [0.25, 0.3) is 0 Å². The van der Waals surface area contributed by atoms with E-state index in [1.54, 1.807) is 0 Å². The van der Waals surface area contributed by atoms with Crippen LogP contribution in [-0.2, 0) is 9.31 Å². The molecule has 16 heavy (non-hydrogen) atoms. The van der Waals surface area contributed by atoms with E-state index in [1.807, 2.05) is 0 Å². The molecule has 2 unspecified atom stereocenters. The molecule has 1 aliphatic heterocycles. The number of aliphatic hydroxyl groups is 1. The maximum absolute atomic E-state index is 9.80. The molecular weight excluding hydrogens is 203 g/mol. The third kappa shape index (κ3) is 2.15. The zero-order valence-corrected chi connectivity index (χ0v) is 10.8. The fraction of sp³-hybridized carbons (Fsp3) is 1.00. The number of hydrogen-bond acceptors (Lipinski definition) is 3. The Bertz CT molecular complexity index is 249. The first-order valence-electron chi connectivity index (χ1n) is 6.35. The second-order valence-corrected chi connectivity index (χ2v) is 6.18. The van der Waals surface area contributed by atoms with Crippen molar-refractivity contribution in [2.75, 3.05) is 0 Å². The van der Waals surface area contributed by atoms with Crippen LogP contribution in [0.1, 0.15) is 47.0 Å². The SMILES string of the molecule is CC1(C)OB(CC2CCCC2O)OC1(C)C. The normalized spacial score (nSPS) is 36.9. The van der Waals surface area contributed by atoms with Crippen molar-refractivity contribution in [1.29, 1.82) is 0 Å². The van der Waals surface area contributed by atoms with Gasteiger partial charge in [0.05, 0.1) is 17.3 Å². The molecule has 1 N–H and O–H groups in total. The Morgan fingerprint density at radius 1 is 1.12 bits per heavy atom. The summed E-state index contributed by atoms with van der Waals surface area (Å²) in [6, 6.07) is 0. The van der Waals surface area contributed by atoms with Crippen LogP contribution in [0.5, 0.6) is 0 Å². The zero-order chi connectivity index (χ0) is 12.0. The van der Waals surface area contributed by atoms with E-state index in [1.165, 1.54) is 0 Å². The van der Waals surface area contributed by atoms with E-state index in [4.69, 9.17) is 9.31 Å². The zero-order valence-electron chi connectivity index (χ0n) is 10.8. The lowest BCUT2D eigenvalue weighted by Crippen LogP contribution is -2.41. The first kappa shape index (κ1) is 12.4. The van der Waals surface area contributed by atoms with Crippen LogP contribution in [0, 0.1) is 5.92 Å². The highest BCUT2D eigenvalue weighted by molar-refractivity contribution is 6.45. The van der Waals surface area contributed by atoms with Gasteiger partial charge in [0.15, 0.2) is 0 Å². The maximum atomic E-state index is 9.80. The molecule has 2 fully saturated rings. The lowest BCUT2D eigenvalue weighted by molar-refractivity contribution is 0.00578. The molecule has 0 aromatic carbocycles. The van der Waals surface area contributed by atoms with Crippen molar-refractivity contribution in [3.8, 4) is 0 Å². The monoisotopic (exact) mass is 226 g/mol. The number of aliphatic hydroxyl groups excluding tert-OH is 1. The van der Waals surface area contributed by atoms with Gasteiger partial charge in [0.25, 0.3) is 0 Å². The predicted octanol–water partition coefficient (Wildman–Crippen LogP) is 2.24. The van der Waals surface area contributed by atoms with Gasteiger partial charge in [0, 0.05) is 0 Å². The van der Waals surface area contributed by atoms with Gasteiger partial charge < -0.3 is 14.4 Å². The van der Waals surface area contributed by atoms with Gasteiger partial charge in [-0.2, -0.15) is 0 Å². The number of hydrogen-bond donors (Lipinski definition) is 1. The van der Waals surface area contributed by atoms with Crippen molar-refractivity contribution in [3.63, 3.8) is 0 Å². The summed E-state index contributed by atoms with van der Waals surface area (Å²) >= 11 is 0. The number of rotatable bonds is 2. The molecule has 2 rings (SSSR count). The van der Waals surface area contributed by atoms with Crippen molar-refractivity contribution < 1.29 is 14.4 Å². The van der Waals surface area contributed by atoms with E-state index in [0.717, 1.165) is 25.6 Å². The van der Waals surface area contributed by atoms with Crippen LogP contribution in [0.4, 0.5) is 0 Å². The van der Waals surface area contributed by atoms with Crippen LogP contribution in [0.15, 0.2) is 0 Å². The summed E-state index contributed by atoms with van der Waals surface area (Å²) in [7, 11) is -0.150. The maximum Gasteiger partial charge on any atom is 0.458 e. The molecule has 1 saturated heterocycles.